The van der Waals surface area contributed by atoms with Gasteiger partial charge in [0.25, 0.3) is 0 Å². The van der Waals surface area contributed by atoms with Crippen LogP contribution in [0.4, 0.5) is 0 Å². The predicted octanol–water partition coefficient (Wildman–Crippen LogP) is 13.1. The van der Waals surface area contributed by atoms with Gasteiger partial charge >= 0.3 is 0 Å². The first-order valence-electron chi connectivity index (χ1n) is 16.6. The summed E-state index contributed by atoms with van der Waals surface area (Å²) in [5, 5.41) is 0. The Morgan fingerprint density at radius 3 is 0.941 bits per heavy atom. The quantitative estimate of drug-likeness (QED) is 0.0980. The minimum absolute atomic E-state index is 0.933. The van der Waals surface area contributed by atoms with E-state index in [-0.39, 0.29) is 0 Å². The standard InChI is InChI=1S/C34H70/c1-6-8-10-12-14-16-18-20-22-24-27-32(3)29-26-30-34(5)31-33(4)28-25-23-21-19-17-15-13-11-9-7-2/h32-34H,6-31H2,1-5H3. The molecule has 0 fully saturated rings. The van der Waals surface area contributed by atoms with Gasteiger partial charge in [0.1, 0.15) is 0 Å². The zero-order valence-corrected chi connectivity index (χ0v) is 25.1. The molecule has 0 spiro atoms. The Balaban J connectivity index is 3.41. The van der Waals surface area contributed by atoms with E-state index < -0.39 is 0 Å². The molecule has 0 radical (unpaired) electrons. The van der Waals surface area contributed by atoms with Crippen LogP contribution in [0.15, 0.2) is 0 Å². The van der Waals surface area contributed by atoms with E-state index in [1.165, 1.54) is 167 Å². The third kappa shape index (κ3) is 26.6. The molecule has 0 aliphatic rings. The molecule has 34 heavy (non-hydrogen) atoms. The average Bonchev–Trinajstić information content (AvgIpc) is 2.81. The number of rotatable bonds is 28. The molecule has 206 valence electrons. The second-order valence-electron chi connectivity index (χ2n) is 12.4. The maximum atomic E-state index is 2.52. The van der Waals surface area contributed by atoms with E-state index in [2.05, 4.69) is 34.6 Å². The van der Waals surface area contributed by atoms with Crippen molar-refractivity contribution in [2.75, 3.05) is 0 Å². The zero-order chi connectivity index (χ0) is 25.1. The van der Waals surface area contributed by atoms with Crippen molar-refractivity contribution in [3.63, 3.8) is 0 Å². The maximum Gasteiger partial charge on any atom is -0.0440 e. The number of unbranched alkanes of at least 4 members (excludes halogenated alkanes) is 18. The van der Waals surface area contributed by atoms with Crippen LogP contribution in [0.3, 0.4) is 0 Å². The summed E-state index contributed by atoms with van der Waals surface area (Å²) in [7, 11) is 0. The van der Waals surface area contributed by atoms with Crippen molar-refractivity contribution in [3.05, 3.63) is 0 Å². The van der Waals surface area contributed by atoms with Crippen molar-refractivity contribution in [2.45, 2.75) is 202 Å². The topological polar surface area (TPSA) is 0 Å². The lowest BCUT2D eigenvalue weighted by molar-refractivity contribution is 0.344. The highest BCUT2D eigenvalue weighted by atomic mass is 14.2. The monoisotopic (exact) mass is 479 g/mol. The van der Waals surface area contributed by atoms with Crippen LogP contribution in [0.1, 0.15) is 202 Å². The van der Waals surface area contributed by atoms with Gasteiger partial charge in [0, 0.05) is 0 Å². The highest BCUT2D eigenvalue weighted by Gasteiger charge is 2.10. The van der Waals surface area contributed by atoms with Crippen LogP contribution in [-0.4, -0.2) is 0 Å². The van der Waals surface area contributed by atoms with Gasteiger partial charge in [-0.25, -0.2) is 0 Å². The summed E-state index contributed by atoms with van der Waals surface area (Å²) in [6, 6.07) is 0. The number of hydrogen-bond donors (Lipinski definition) is 0. The third-order valence-electron chi connectivity index (χ3n) is 8.30. The van der Waals surface area contributed by atoms with Gasteiger partial charge < -0.3 is 0 Å². The lowest BCUT2D eigenvalue weighted by atomic mass is 9.88. The summed E-state index contributed by atoms with van der Waals surface area (Å²) in [5.41, 5.74) is 0. The van der Waals surface area contributed by atoms with Crippen LogP contribution in [0.25, 0.3) is 0 Å². The van der Waals surface area contributed by atoms with E-state index in [4.69, 9.17) is 0 Å². The Bertz CT molecular complexity index is 359. The maximum absolute atomic E-state index is 2.52. The van der Waals surface area contributed by atoms with Crippen molar-refractivity contribution < 1.29 is 0 Å². The summed E-state index contributed by atoms with van der Waals surface area (Å²) in [4.78, 5) is 0. The fourth-order valence-corrected chi connectivity index (χ4v) is 5.84. The molecule has 0 aromatic rings. The molecule has 0 N–H and O–H groups in total. The molecule has 0 amide bonds. The highest BCUT2D eigenvalue weighted by molar-refractivity contribution is 4.63. The van der Waals surface area contributed by atoms with Crippen LogP contribution in [-0.2, 0) is 0 Å². The molecule has 0 aromatic carbocycles. The first-order chi connectivity index (χ1) is 16.6. The van der Waals surface area contributed by atoms with E-state index >= 15 is 0 Å². The summed E-state index contributed by atoms with van der Waals surface area (Å²) >= 11 is 0. The SMILES string of the molecule is CCCCCCCCCCCCC(C)CCCC(C)CC(C)CCCCCCCCCCCC. The van der Waals surface area contributed by atoms with Gasteiger partial charge in [0.05, 0.1) is 0 Å². The first-order valence-corrected chi connectivity index (χ1v) is 16.6. The largest absolute Gasteiger partial charge is 0.0654 e. The van der Waals surface area contributed by atoms with E-state index in [1.807, 2.05) is 0 Å². The summed E-state index contributed by atoms with van der Waals surface area (Å²) in [6.07, 6.45) is 38.0. The highest BCUT2D eigenvalue weighted by Crippen LogP contribution is 2.24. The molecule has 0 heterocycles. The van der Waals surface area contributed by atoms with Crippen molar-refractivity contribution in [2.24, 2.45) is 17.8 Å². The van der Waals surface area contributed by atoms with Gasteiger partial charge in [-0.2, -0.15) is 0 Å². The molecule has 3 atom stereocenters. The molecule has 3 unspecified atom stereocenters. The lowest BCUT2D eigenvalue weighted by Crippen LogP contribution is -2.04. The second kappa shape index (κ2) is 27.6. The van der Waals surface area contributed by atoms with Gasteiger partial charge in [0.2, 0.25) is 0 Å². The van der Waals surface area contributed by atoms with Crippen molar-refractivity contribution in [1.82, 2.24) is 0 Å². The summed E-state index contributed by atoms with van der Waals surface area (Å²) in [6.45, 7) is 12.2. The van der Waals surface area contributed by atoms with Gasteiger partial charge in [-0.3, -0.25) is 0 Å². The van der Waals surface area contributed by atoms with Crippen molar-refractivity contribution >= 4 is 0 Å². The lowest BCUT2D eigenvalue weighted by Gasteiger charge is -2.18. The minimum Gasteiger partial charge on any atom is -0.0654 e. The Labute approximate surface area is 219 Å². The van der Waals surface area contributed by atoms with Crippen molar-refractivity contribution in [1.29, 1.82) is 0 Å². The van der Waals surface area contributed by atoms with Crippen LogP contribution in [0.2, 0.25) is 0 Å². The summed E-state index contributed by atoms with van der Waals surface area (Å²) < 4.78 is 0. The smallest absolute Gasteiger partial charge is 0.0440 e. The van der Waals surface area contributed by atoms with Crippen LogP contribution >= 0.6 is 0 Å². The molecule has 0 saturated heterocycles. The van der Waals surface area contributed by atoms with Gasteiger partial charge in [-0.05, 0) is 24.2 Å². The fraction of sp³-hybridized carbons (Fsp3) is 1.00. The van der Waals surface area contributed by atoms with Gasteiger partial charge in [-0.1, -0.05) is 195 Å². The van der Waals surface area contributed by atoms with Crippen LogP contribution in [0, 0.1) is 17.8 Å². The predicted molar refractivity (Wildman–Crippen MR) is 159 cm³/mol. The van der Waals surface area contributed by atoms with E-state index in [9.17, 15) is 0 Å². The van der Waals surface area contributed by atoms with E-state index in [0.717, 1.165) is 17.8 Å². The molecular weight excluding hydrogens is 408 g/mol. The van der Waals surface area contributed by atoms with E-state index in [0.29, 0.717) is 0 Å². The average molecular weight is 479 g/mol. The number of hydrogen-bond acceptors (Lipinski definition) is 0. The second-order valence-corrected chi connectivity index (χ2v) is 12.4. The summed E-state index contributed by atoms with van der Waals surface area (Å²) in [5.74, 6) is 2.82. The van der Waals surface area contributed by atoms with Crippen LogP contribution < -0.4 is 0 Å². The van der Waals surface area contributed by atoms with Crippen molar-refractivity contribution in [3.8, 4) is 0 Å². The van der Waals surface area contributed by atoms with Crippen LogP contribution in [0.5, 0.6) is 0 Å². The molecule has 0 bridgehead atoms. The molecule has 0 saturated carbocycles. The van der Waals surface area contributed by atoms with Gasteiger partial charge in [0.15, 0.2) is 0 Å². The Hall–Kier alpha value is 0. The zero-order valence-electron chi connectivity index (χ0n) is 25.1. The molecule has 0 aliphatic heterocycles. The van der Waals surface area contributed by atoms with E-state index in [1.54, 1.807) is 0 Å². The minimum atomic E-state index is 0.933. The molecule has 0 heteroatoms. The molecule has 0 rings (SSSR count). The Kier molecular flexibility index (Phi) is 27.6. The fourth-order valence-electron chi connectivity index (χ4n) is 5.84. The molecule has 0 aromatic heterocycles. The van der Waals surface area contributed by atoms with Gasteiger partial charge in [-0.15, -0.1) is 0 Å². The molecule has 0 aliphatic carbocycles. The molecule has 0 nitrogen and oxygen atoms in total. The Morgan fingerprint density at radius 1 is 0.294 bits per heavy atom. The normalized spacial score (nSPS) is 14.4. The Morgan fingerprint density at radius 2 is 0.559 bits per heavy atom. The molecular formula is C34H70. The third-order valence-corrected chi connectivity index (χ3v) is 8.30. The first kappa shape index (κ1) is 34.0.